The molecule has 26 heavy (non-hydrogen) atoms. The number of hydrogen-bond acceptors (Lipinski definition) is 3. The van der Waals surface area contributed by atoms with E-state index in [0.717, 1.165) is 31.8 Å². The van der Waals surface area contributed by atoms with Crippen LogP contribution in [0.4, 0.5) is 0 Å². The van der Waals surface area contributed by atoms with Crippen LogP contribution in [0.15, 0.2) is 65.5 Å². The van der Waals surface area contributed by atoms with Crippen LogP contribution < -0.4 is 5.56 Å². The van der Waals surface area contributed by atoms with Crippen LogP contribution in [-0.4, -0.2) is 4.57 Å². The van der Waals surface area contributed by atoms with Gasteiger partial charge in [0.25, 0.3) is 5.56 Å². The molecule has 0 aliphatic heterocycles. The van der Waals surface area contributed by atoms with Crippen LogP contribution in [-0.2, 0) is 7.05 Å². The van der Waals surface area contributed by atoms with Crippen LogP contribution in [0.1, 0.15) is 11.1 Å². The van der Waals surface area contributed by atoms with Crippen molar-refractivity contribution in [1.29, 1.82) is 5.26 Å². The third-order valence-electron chi connectivity index (χ3n) is 4.58. The zero-order valence-corrected chi connectivity index (χ0v) is 15.3. The quantitative estimate of drug-likeness (QED) is 0.501. The number of aromatic nitrogens is 1. The number of pyridine rings is 1. The number of nitriles is 1. The maximum Gasteiger partial charge on any atom is 0.251 e. The molecule has 4 heteroatoms. The van der Waals surface area contributed by atoms with E-state index >= 15 is 0 Å². The maximum atomic E-state index is 12.5. The molecule has 0 aliphatic rings. The SMILES string of the molecule is Cc1ccc(-c2cc3c(s2)c(-c2ccc(C#N)cc2)cc(=O)n3C)cc1. The van der Waals surface area contributed by atoms with Crippen molar-refractivity contribution in [3.8, 4) is 27.6 Å². The number of fused-ring (bicyclic) bond motifs is 1. The molecule has 0 aliphatic carbocycles. The first-order valence-electron chi connectivity index (χ1n) is 8.28. The minimum Gasteiger partial charge on any atom is -0.310 e. The Kier molecular flexibility index (Phi) is 3.95. The molecular formula is C22H16N2OS. The summed E-state index contributed by atoms with van der Waals surface area (Å²) in [5, 5.41) is 9.00. The van der Waals surface area contributed by atoms with Gasteiger partial charge in [0, 0.05) is 23.6 Å². The highest BCUT2D eigenvalue weighted by Gasteiger charge is 2.13. The Morgan fingerprint density at radius 3 is 2.27 bits per heavy atom. The van der Waals surface area contributed by atoms with E-state index in [-0.39, 0.29) is 5.56 Å². The van der Waals surface area contributed by atoms with Crippen molar-refractivity contribution in [3.05, 3.63) is 82.1 Å². The molecule has 0 amide bonds. The van der Waals surface area contributed by atoms with Crippen molar-refractivity contribution in [3.63, 3.8) is 0 Å². The van der Waals surface area contributed by atoms with Gasteiger partial charge in [0.05, 0.1) is 21.8 Å². The molecule has 4 rings (SSSR count). The second-order valence-corrected chi connectivity index (χ2v) is 7.39. The molecule has 2 aromatic heterocycles. The van der Waals surface area contributed by atoms with Gasteiger partial charge in [-0.05, 0) is 36.2 Å². The second-order valence-electron chi connectivity index (χ2n) is 6.34. The molecule has 126 valence electrons. The summed E-state index contributed by atoms with van der Waals surface area (Å²) in [5.41, 5.74) is 5.73. The smallest absolute Gasteiger partial charge is 0.251 e. The number of hydrogen-bond donors (Lipinski definition) is 0. The highest BCUT2D eigenvalue weighted by Crippen LogP contribution is 2.38. The number of aryl methyl sites for hydroxylation is 2. The lowest BCUT2D eigenvalue weighted by molar-refractivity contribution is 0.909. The third kappa shape index (κ3) is 2.73. The van der Waals surface area contributed by atoms with E-state index in [9.17, 15) is 4.79 Å². The first kappa shape index (κ1) is 16.3. The molecule has 0 saturated heterocycles. The van der Waals surface area contributed by atoms with Gasteiger partial charge in [-0.15, -0.1) is 11.3 Å². The summed E-state index contributed by atoms with van der Waals surface area (Å²) in [4.78, 5) is 13.6. The van der Waals surface area contributed by atoms with Crippen molar-refractivity contribution in [2.75, 3.05) is 0 Å². The average molecular weight is 356 g/mol. The summed E-state index contributed by atoms with van der Waals surface area (Å²) < 4.78 is 2.77. The summed E-state index contributed by atoms with van der Waals surface area (Å²) in [5.74, 6) is 0. The molecule has 2 aromatic carbocycles. The number of rotatable bonds is 2. The Morgan fingerprint density at radius 2 is 1.62 bits per heavy atom. The van der Waals surface area contributed by atoms with Gasteiger partial charge in [-0.25, -0.2) is 0 Å². The molecule has 0 saturated carbocycles. The van der Waals surface area contributed by atoms with E-state index in [1.807, 2.05) is 12.1 Å². The van der Waals surface area contributed by atoms with Crippen LogP contribution in [0.3, 0.4) is 0 Å². The van der Waals surface area contributed by atoms with Crippen LogP contribution in [0.5, 0.6) is 0 Å². The monoisotopic (exact) mass is 356 g/mol. The largest absolute Gasteiger partial charge is 0.310 e. The highest BCUT2D eigenvalue weighted by molar-refractivity contribution is 7.22. The first-order valence-corrected chi connectivity index (χ1v) is 9.09. The lowest BCUT2D eigenvalue weighted by atomic mass is 10.0. The van der Waals surface area contributed by atoms with Gasteiger partial charge < -0.3 is 4.57 Å². The zero-order valence-electron chi connectivity index (χ0n) is 14.5. The standard InChI is InChI=1S/C22H16N2OS/c1-14-3-7-17(8-4-14)20-12-19-22(26-20)18(11-21(25)24(19)2)16-9-5-15(13-23)6-10-16/h3-12H,1-2H3. The van der Waals surface area contributed by atoms with Gasteiger partial charge in [-0.1, -0.05) is 42.0 Å². The van der Waals surface area contributed by atoms with Crippen molar-refractivity contribution in [1.82, 2.24) is 4.57 Å². The zero-order chi connectivity index (χ0) is 18.3. The second kappa shape index (κ2) is 6.29. The molecule has 0 fully saturated rings. The van der Waals surface area contributed by atoms with Crippen LogP contribution in [0.25, 0.3) is 31.8 Å². The average Bonchev–Trinajstić information content (AvgIpc) is 3.11. The molecular weight excluding hydrogens is 340 g/mol. The lowest BCUT2D eigenvalue weighted by Gasteiger charge is -2.06. The van der Waals surface area contributed by atoms with Crippen molar-refractivity contribution >= 4 is 21.6 Å². The van der Waals surface area contributed by atoms with Crippen molar-refractivity contribution in [2.24, 2.45) is 7.05 Å². The summed E-state index contributed by atoms with van der Waals surface area (Å²) >= 11 is 1.69. The summed E-state index contributed by atoms with van der Waals surface area (Å²) in [6.45, 7) is 2.07. The van der Waals surface area contributed by atoms with E-state index < -0.39 is 0 Å². The minimum absolute atomic E-state index is 0.0369. The van der Waals surface area contributed by atoms with Crippen LogP contribution >= 0.6 is 11.3 Å². The Balaban J connectivity index is 1.96. The fourth-order valence-electron chi connectivity index (χ4n) is 3.03. The predicted molar refractivity (Wildman–Crippen MR) is 107 cm³/mol. The normalized spacial score (nSPS) is 10.8. The van der Waals surface area contributed by atoms with Crippen LogP contribution in [0, 0.1) is 18.3 Å². The molecule has 0 bridgehead atoms. The van der Waals surface area contributed by atoms with Gasteiger partial charge in [-0.2, -0.15) is 5.26 Å². The first-order chi connectivity index (χ1) is 12.6. The van der Waals surface area contributed by atoms with Gasteiger partial charge >= 0.3 is 0 Å². The maximum absolute atomic E-state index is 12.5. The third-order valence-corrected chi connectivity index (χ3v) is 5.78. The predicted octanol–water partition coefficient (Wildman–Crippen LogP) is 5.11. The molecule has 0 atom stereocenters. The lowest BCUT2D eigenvalue weighted by Crippen LogP contribution is -2.15. The fourth-order valence-corrected chi connectivity index (χ4v) is 4.26. The van der Waals surface area contributed by atoms with E-state index in [1.165, 1.54) is 5.56 Å². The Hall–Kier alpha value is -3.16. The van der Waals surface area contributed by atoms with E-state index in [1.54, 1.807) is 41.2 Å². The Morgan fingerprint density at radius 1 is 0.962 bits per heavy atom. The van der Waals surface area contributed by atoms with Crippen LogP contribution in [0.2, 0.25) is 0 Å². The highest BCUT2D eigenvalue weighted by atomic mass is 32.1. The molecule has 0 unspecified atom stereocenters. The van der Waals surface area contributed by atoms with Crippen molar-refractivity contribution < 1.29 is 0 Å². The molecule has 0 spiro atoms. The minimum atomic E-state index is -0.0369. The van der Waals surface area contributed by atoms with Gasteiger partial charge in [0.15, 0.2) is 0 Å². The Bertz CT molecular complexity index is 1210. The molecule has 3 nitrogen and oxygen atoms in total. The Labute approximate surface area is 155 Å². The molecule has 0 N–H and O–H groups in total. The van der Waals surface area contributed by atoms with Gasteiger partial charge in [0.1, 0.15) is 0 Å². The van der Waals surface area contributed by atoms with E-state index in [0.29, 0.717) is 5.56 Å². The number of benzene rings is 2. The topological polar surface area (TPSA) is 45.8 Å². The molecule has 0 radical (unpaired) electrons. The number of nitrogens with zero attached hydrogens (tertiary/aromatic N) is 2. The number of thiophene rings is 1. The summed E-state index contributed by atoms with van der Waals surface area (Å²) in [6.07, 6.45) is 0. The summed E-state index contributed by atoms with van der Waals surface area (Å²) in [6, 6.07) is 21.7. The van der Waals surface area contributed by atoms with Gasteiger partial charge in [0.2, 0.25) is 0 Å². The van der Waals surface area contributed by atoms with E-state index in [2.05, 4.69) is 43.3 Å². The molecule has 2 heterocycles. The summed E-state index contributed by atoms with van der Waals surface area (Å²) in [7, 11) is 1.80. The van der Waals surface area contributed by atoms with Crippen molar-refractivity contribution in [2.45, 2.75) is 6.92 Å². The van der Waals surface area contributed by atoms with E-state index in [4.69, 9.17) is 5.26 Å². The molecule has 4 aromatic rings. The van der Waals surface area contributed by atoms with Gasteiger partial charge in [-0.3, -0.25) is 4.79 Å². The fraction of sp³-hybridized carbons (Fsp3) is 0.0909.